The number of rotatable bonds is 8. The molecule has 3 heterocycles. The van der Waals surface area contributed by atoms with E-state index in [1.165, 1.54) is 0 Å². The molecule has 0 saturated carbocycles. The summed E-state index contributed by atoms with van der Waals surface area (Å²) in [6, 6.07) is 5.10. The zero-order valence-corrected chi connectivity index (χ0v) is 21.1. The van der Waals surface area contributed by atoms with Gasteiger partial charge in [-0.3, -0.25) is 5.43 Å². The van der Waals surface area contributed by atoms with E-state index in [9.17, 15) is 0 Å². The molecule has 2 aliphatic heterocycles. The van der Waals surface area contributed by atoms with Crippen molar-refractivity contribution in [3.63, 3.8) is 0 Å². The van der Waals surface area contributed by atoms with Crippen LogP contribution in [0.3, 0.4) is 0 Å². The van der Waals surface area contributed by atoms with E-state index in [0.29, 0.717) is 21.6 Å². The number of aliphatic imine (C=N–C) groups is 1. The predicted octanol–water partition coefficient (Wildman–Crippen LogP) is 6.00. The van der Waals surface area contributed by atoms with Crippen molar-refractivity contribution in [1.82, 2.24) is 20.4 Å². The molecule has 170 valence electrons. The van der Waals surface area contributed by atoms with Gasteiger partial charge in [-0.2, -0.15) is 0 Å². The van der Waals surface area contributed by atoms with Crippen molar-refractivity contribution >= 4 is 58.4 Å². The van der Waals surface area contributed by atoms with Crippen LogP contribution in [0.2, 0.25) is 10.0 Å². The lowest BCUT2D eigenvalue weighted by molar-refractivity contribution is 0.266. The molecular formula is C21H24Cl2N6OS2. The molecule has 0 radical (unpaired) electrons. The molecule has 0 saturated heterocycles. The summed E-state index contributed by atoms with van der Waals surface area (Å²) >= 11 is 15.4. The molecule has 1 atom stereocenters. The van der Waals surface area contributed by atoms with E-state index in [2.05, 4.69) is 24.6 Å². The van der Waals surface area contributed by atoms with Crippen LogP contribution in [0, 0.1) is 0 Å². The fourth-order valence-electron chi connectivity index (χ4n) is 3.40. The average Bonchev–Trinajstić information content (AvgIpc) is 3.20. The lowest BCUT2D eigenvalue weighted by Crippen LogP contribution is -2.52. The molecule has 0 spiro atoms. The van der Waals surface area contributed by atoms with Gasteiger partial charge in [0.15, 0.2) is 16.8 Å². The summed E-state index contributed by atoms with van der Waals surface area (Å²) in [4.78, 5) is 14.3. The van der Waals surface area contributed by atoms with Gasteiger partial charge in [-0.15, -0.1) is 11.8 Å². The summed E-state index contributed by atoms with van der Waals surface area (Å²) in [5.41, 5.74) is 4.24. The highest BCUT2D eigenvalue weighted by Crippen LogP contribution is 2.36. The molecule has 2 aliphatic rings. The zero-order chi connectivity index (χ0) is 22.7. The first-order valence-electron chi connectivity index (χ1n) is 10.4. The first-order chi connectivity index (χ1) is 15.5. The van der Waals surface area contributed by atoms with Gasteiger partial charge in [0.2, 0.25) is 0 Å². The monoisotopic (exact) mass is 510 g/mol. The molecule has 1 unspecified atom stereocenters. The van der Waals surface area contributed by atoms with Gasteiger partial charge in [0.1, 0.15) is 29.0 Å². The van der Waals surface area contributed by atoms with Gasteiger partial charge in [-0.1, -0.05) is 55.2 Å². The van der Waals surface area contributed by atoms with Gasteiger partial charge in [0.25, 0.3) is 0 Å². The van der Waals surface area contributed by atoms with Crippen LogP contribution >= 0.6 is 46.7 Å². The van der Waals surface area contributed by atoms with Crippen LogP contribution < -0.4 is 15.5 Å². The van der Waals surface area contributed by atoms with Crippen LogP contribution in [0.5, 0.6) is 5.75 Å². The summed E-state index contributed by atoms with van der Waals surface area (Å²) in [5, 5.41) is 8.27. The number of hydrogen-bond acceptors (Lipinski definition) is 9. The number of amidine groups is 1. The molecule has 11 heteroatoms. The predicted molar refractivity (Wildman–Crippen MR) is 134 cm³/mol. The fourth-order valence-corrected chi connectivity index (χ4v) is 5.05. The number of nitrogens with zero attached hydrogens (tertiary/aromatic N) is 4. The number of unbranched alkanes of at least 4 members (excludes halogenated alkanes) is 1. The van der Waals surface area contributed by atoms with E-state index in [-0.39, 0.29) is 6.17 Å². The number of anilines is 1. The molecule has 0 fully saturated rings. The molecular weight excluding hydrogens is 487 g/mol. The maximum absolute atomic E-state index is 6.23. The van der Waals surface area contributed by atoms with Crippen LogP contribution in [0.4, 0.5) is 5.82 Å². The summed E-state index contributed by atoms with van der Waals surface area (Å²) < 4.78 is 5.78. The number of thioether (sulfide) groups is 2. The molecule has 0 aliphatic carbocycles. The summed E-state index contributed by atoms with van der Waals surface area (Å²) in [6.45, 7) is 4.28. The third-order valence-electron chi connectivity index (χ3n) is 4.87. The minimum Gasteiger partial charge on any atom is -0.460 e. The Kier molecular flexibility index (Phi) is 7.60. The number of aromatic nitrogens is 2. The maximum atomic E-state index is 6.23. The molecule has 7 nitrogen and oxygen atoms in total. The minimum absolute atomic E-state index is 0.00954. The number of fused-ring (bicyclic) bond motifs is 3. The normalized spacial score (nSPS) is 18.0. The van der Waals surface area contributed by atoms with Gasteiger partial charge in [0, 0.05) is 5.02 Å². The van der Waals surface area contributed by atoms with Gasteiger partial charge in [0.05, 0.1) is 10.6 Å². The highest BCUT2D eigenvalue weighted by Gasteiger charge is 2.38. The summed E-state index contributed by atoms with van der Waals surface area (Å²) in [6.07, 6.45) is 6.69. The van der Waals surface area contributed by atoms with E-state index in [1.54, 1.807) is 48.0 Å². The van der Waals surface area contributed by atoms with Crippen molar-refractivity contribution in [2.24, 2.45) is 4.99 Å². The minimum atomic E-state index is 0.00954. The molecule has 0 amide bonds. The number of hydrogen-bond donors (Lipinski definition) is 2. The van der Waals surface area contributed by atoms with Crippen molar-refractivity contribution in [3.05, 3.63) is 45.9 Å². The summed E-state index contributed by atoms with van der Waals surface area (Å²) in [7, 11) is 0. The Morgan fingerprint density at radius 1 is 1.25 bits per heavy atom. The smallest absolute Gasteiger partial charge is 0.190 e. The SMILES string of the molecule is CCCCC1Nc2nc(SCC)nc(SC)c2C2=NC(=COc3ccc(Cl)cc3Cl)NN21. The Morgan fingerprint density at radius 3 is 2.81 bits per heavy atom. The molecule has 1 aromatic heterocycles. The van der Waals surface area contributed by atoms with Crippen LogP contribution in [-0.4, -0.2) is 39.0 Å². The second-order valence-corrected chi connectivity index (χ2v) is 9.96. The Hall–Kier alpha value is -1.81. The average molecular weight is 512 g/mol. The largest absolute Gasteiger partial charge is 0.460 e. The van der Waals surface area contributed by atoms with Crippen molar-refractivity contribution in [2.75, 3.05) is 17.3 Å². The molecule has 4 rings (SSSR count). The van der Waals surface area contributed by atoms with E-state index in [0.717, 1.165) is 52.4 Å². The Balaban J connectivity index is 1.69. The van der Waals surface area contributed by atoms with Gasteiger partial charge >= 0.3 is 0 Å². The Morgan fingerprint density at radius 2 is 2.09 bits per heavy atom. The number of ether oxygens (including phenoxy) is 1. The van der Waals surface area contributed by atoms with Crippen molar-refractivity contribution < 1.29 is 4.74 Å². The van der Waals surface area contributed by atoms with E-state index < -0.39 is 0 Å². The molecule has 2 N–H and O–H groups in total. The first-order valence-corrected chi connectivity index (χ1v) is 13.3. The molecule has 0 bridgehead atoms. The van der Waals surface area contributed by atoms with Crippen LogP contribution in [0.1, 0.15) is 38.7 Å². The maximum Gasteiger partial charge on any atom is 0.190 e. The first kappa shape index (κ1) is 23.4. The van der Waals surface area contributed by atoms with Crippen LogP contribution in [0.25, 0.3) is 0 Å². The second kappa shape index (κ2) is 10.4. The molecule has 2 aromatic rings. The molecule has 1 aromatic carbocycles. The highest BCUT2D eigenvalue weighted by molar-refractivity contribution is 7.99. The third kappa shape index (κ3) is 4.90. The van der Waals surface area contributed by atoms with Crippen molar-refractivity contribution in [3.8, 4) is 5.75 Å². The number of nitrogens with one attached hydrogen (secondary N) is 2. The van der Waals surface area contributed by atoms with Crippen LogP contribution in [-0.2, 0) is 0 Å². The Bertz CT molecular complexity index is 1060. The molecule has 32 heavy (non-hydrogen) atoms. The fraction of sp³-hybridized carbons (Fsp3) is 0.381. The van der Waals surface area contributed by atoms with E-state index in [1.807, 2.05) is 11.3 Å². The lowest BCUT2D eigenvalue weighted by Gasteiger charge is -2.36. The Labute approximate surface area is 206 Å². The topological polar surface area (TPSA) is 74.7 Å². The third-order valence-corrected chi connectivity index (χ3v) is 6.81. The van der Waals surface area contributed by atoms with Gasteiger partial charge < -0.3 is 10.1 Å². The van der Waals surface area contributed by atoms with Crippen molar-refractivity contribution in [2.45, 2.75) is 49.5 Å². The number of benzene rings is 1. The quantitative estimate of drug-likeness (QED) is 0.193. The van der Waals surface area contributed by atoms with E-state index in [4.69, 9.17) is 42.9 Å². The highest BCUT2D eigenvalue weighted by atomic mass is 35.5. The van der Waals surface area contributed by atoms with Crippen molar-refractivity contribution in [1.29, 1.82) is 0 Å². The zero-order valence-electron chi connectivity index (χ0n) is 18.0. The summed E-state index contributed by atoms with van der Waals surface area (Å²) in [5.74, 6) is 3.60. The van der Waals surface area contributed by atoms with E-state index >= 15 is 0 Å². The number of hydrazine groups is 1. The number of halogens is 2. The van der Waals surface area contributed by atoms with Gasteiger partial charge in [-0.25, -0.2) is 20.0 Å². The second-order valence-electron chi connectivity index (χ2n) is 7.09. The lowest BCUT2D eigenvalue weighted by atomic mass is 10.1. The van der Waals surface area contributed by atoms with Crippen LogP contribution in [0.15, 0.2) is 45.5 Å². The van der Waals surface area contributed by atoms with Gasteiger partial charge in [-0.05, 0) is 43.0 Å². The standard InChI is InChI=1S/C21H24Cl2N6OS2/c1-4-6-7-16-25-18-17(20(31-3)27-21(26-18)32-5-2)19-24-15(28-29(16)19)11-30-14-9-8-12(22)10-13(14)23/h8-11,16,28H,4-7H2,1-3H3,(H,25,26,27).